The number of fused-ring (bicyclic) bond motifs is 1. The van der Waals surface area contributed by atoms with Crippen LogP contribution in [0.1, 0.15) is 10.4 Å². The number of aldehydes is 1. The number of alkyl halides is 2. The second kappa shape index (κ2) is 3.68. The Morgan fingerprint density at radius 1 is 1.40 bits per heavy atom. The van der Waals surface area contributed by atoms with Crippen molar-refractivity contribution in [1.29, 1.82) is 0 Å². The number of rotatable bonds is 3. The van der Waals surface area contributed by atoms with Gasteiger partial charge in [0.15, 0.2) is 6.29 Å². The van der Waals surface area contributed by atoms with Gasteiger partial charge in [-0.2, -0.15) is 8.78 Å². The van der Waals surface area contributed by atoms with Gasteiger partial charge in [-0.15, -0.1) is 0 Å². The van der Waals surface area contributed by atoms with E-state index in [0.29, 0.717) is 22.8 Å². The molecule has 0 saturated heterocycles. The van der Waals surface area contributed by atoms with E-state index in [1.165, 1.54) is 18.3 Å². The molecular weight excluding hydrogens is 204 g/mol. The summed E-state index contributed by atoms with van der Waals surface area (Å²) >= 11 is 0. The fourth-order valence-electron chi connectivity index (χ4n) is 1.40. The van der Waals surface area contributed by atoms with Gasteiger partial charge in [-0.25, -0.2) is 0 Å². The first kappa shape index (κ1) is 9.64. The molecule has 0 spiro atoms. The lowest BCUT2D eigenvalue weighted by molar-refractivity contribution is -0.0497. The largest absolute Gasteiger partial charge is 0.435 e. The van der Waals surface area contributed by atoms with Crippen molar-refractivity contribution in [3.05, 3.63) is 30.0 Å². The zero-order valence-corrected chi connectivity index (χ0v) is 7.54. The van der Waals surface area contributed by atoms with E-state index < -0.39 is 6.61 Å². The van der Waals surface area contributed by atoms with Gasteiger partial charge < -0.3 is 9.72 Å². The number of benzene rings is 1. The molecule has 0 radical (unpaired) electrons. The monoisotopic (exact) mass is 211 g/mol. The number of aromatic amines is 1. The van der Waals surface area contributed by atoms with E-state index in [2.05, 4.69) is 9.72 Å². The smallest absolute Gasteiger partial charge is 0.387 e. The SMILES string of the molecule is O=Cc1c[nH]c2cc(OC(F)F)ccc12. The second-order valence-corrected chi connectivity index (χ2v) is 2.95. The number of ether oxygens (including phenoxy) is 1. The van der Waals surface area contributed by atoms with Crippen LogP contribution in [0.4, 0.5) is 8.78 Å². The molecular formula is C10H7F2NO2. The van der Waals surface area contributed by atoms with Crippen LogP contribution in [0, 0.1) is 0 Å². The summed E-state index contributed by atoms with van der Waals surface area (Å²) in [6, 6.07) is 4.39. The molecule has 0 aliphatic carbocycles. The van der Waals surface area contributed by atoms with Crippen LogP contribution >= 0.6 is 0 Å². The molecule has 2 rings (SSSR count). The maximum absolute atomic E-state index is 11.9. The van der Waals surface area contributed by atoms with Gasteiger partial charge in [-0.3, -0.25) is 4.79 Å². The fourth-order valence-corrected chi connectivity index (χ4v) is 1.40. The molecule has 0 atom stereocenters. The van der Waals surface area contributed by atoms with E-state index in [9.17, 15) is 13.6 Å². The quantitative estimate of drug-likeness (QED) is 0.793. The van der Waals surface area contributed by atoms with E-state index in [4.69, 9.17) is 0 Å². The van der Waals surface area contributed by atoms with Crippen molar-refractivity contribution in [2.24, 2.45) is 0 Å². The zero-order valence-electron chi connectivity index (χ0n) is 7.54. The van der Waals surface area contributed by atoms with Crippen LogP contribution in [-0.2, 0) is 0 Å². The normalized spacial score (nSPS) is 10.9. The zero-order chi connectivity index (χ0) is 10.8. The van der Waals surface area contributed by atoms with Gasteiger partial charge >= 0.3 is 6.61 Å². The number of carbonyl (C=O) groups is 1. The summed E-state index contributed by atoms with van der Waals surface area (Å²) in [5.74, 6) is 0.0665. The molecule has 78 valence electrons. The second-order valence-electron chi connectivity index (χ2n) is 2.95. The van der Waals surface area contributed by atoms with Gasteiger partial charge in [0.05, 0.1) is 0 Å². The first-order chi connectivity index (χ1) is 7.20. The molecule has 0 unspecified atom stereocenters. The Bertz CT molecular complexity index is 493. The summed E-state index contributed by atoms with van der Waals surface area (Å²) in [5.41, 5.74) is 1.09. The molecule has 1 aromatic carbocycles. The van der Waals surface area contributed by atoms with Gasteiger partial charge in [-0.05, 0) is 12.1 Å². The molecule has 3 nitrogen and oxygen atoms in total. The number of aromatic nitrogens is 1. The molecule has 1 heterocycles. The number of hydrogen-bond donors (Lipinski definition) is 1. The van der Waals surface area contributed by atoms with Gasteiger partial charge in [0, 0.05) is 28.7 Å². The molecule has 15 heavy (non-hydrogen) atoms. The van der Waals surface area contributed by atoms with Crippen LogP contribution in [0.25, 0.3) is 10.9 Å². The van der Waals surface area contributed by atoms with E-state index in [1.807, 2.05) is 0 Å². The van der Waals surface area contributed by atoms with E-state index in [0.717, 1.165) is 0 Å². The summed E-state index contributed by atoms with van der Waals surface area (Å²) in [4.78, 5) is 13.4. The molecule has 5 heteroatoms. The Labute approximate surface area is 83.7 Å². The molecule has 1 N–H and O–H groups in total. The molecule has 0 aliphatic heterocycles. The van der Waals surface area contributed by atoms with Gasteiger partial charge in [0.25, 0.3) is 0 Å². The Morgan fingerprint density at radius 2 is 2.20 bits per heavy atom. The number of hydrogen-bond acceptors (Lipinski definition) is 2. The average molecular weight is 211 g/mol. The molecule has 0 aliphatic rings. The summed E-state index contributed by atoms with van der Waals surface area (Å²) in [7, 11) is 0. The van der Waals surface area contributed by atoms with Crippen molar-refractivity contribution in [2.45, 2.75) is 6.61 Å². The number of H-pyrrole nitrogens is 1. The molecule has 0 bridgehead atoms. The summed E-state index contributed by atoms with van der Waals surface area (Å²) in [6.45, 7) is -2.84. The van der Waals surface area contributed by atoms with E-state index >= 15 is 0 Å². The standard InChI is InChI=1S/C10H7F2NO2/c11-10(12)15-7-1-2-8-6(5-14)4-13-9(8)3-7/h1-5,10,13H. The minimum Gasteiger partial charge on any atom is -0.435 e. The fraction of sp³-hybridized carbons (Fsp3) is 0.100. The Hall–Kier alpha value is -1.91. The van der Waals surface area contributed by atoms with Crippen molar-refractivity contribution >= 4 is 17.2 Å². The minimum absolute atomic E-state index is 0.0665. The highest BCUT2D eigenvalue weighted by Gasteiger charge is 2.07. The molecule has 0 fully saturated rings. The van der Waals surface area contributed by atoms with Crippen LogP contribution in [0.5, 0.6) is 5.75 Å². The minimum atomic E-state index is -2.84. The van der Waals surface area contributed by atoms with Gasteiger partial charge in [0.1, 0.15) is 5.75 Å². The summed E-state index contributed by atoms with van der Waals surface area (Å²) < 4.78 is 28.0. The Kier molecular flexibility index (Phi) is 2.37. The van der Waals surface area contributed by atoms with Crippen LogP contribution < -0.4 is 4.74 Å². The van der Waals surface area contributed by atoms with Crippen molar-refractivity contribution < 1.29 is 18.3 Å². The first-order valence-corrected chi connectivity index (χ1v) is 4.22. The van der Waals surface area contributed by atoms with Crippen LogP contribution in [0.2, 0.25) is 0 Å². The number of nitrogens with one attached hydrogen (secondary N) is 1. The molecule has 2 aromatic rings. The number of halogens is 2. The lowest BCUT2D eigenvalue weighted by Crippen LogP contribution is -2.01. The maximum Gasteiger partial charge on any atom is 0.387 e. The lowest BCUT2D eigenvalue weighted by atomic mass is 10.2. The highest BCUT2D eigenvalue weighted by molar-refractivity contribution is 5.97. The van der Waals surface area contributed by atoms with Crippen molar-refractivity contribution in [2.75, 3.05) is 0 Å². The lowest BCUT2D eigenvalue weighted by Gasteiger charge is -2.03. The third-order valence-corrected chi connectivity index (χ3v) is 2.04. The summed E-state index contributed by atoms with van der Waals surface area (Å²) in [6.07, 6.45) is 2.22. The number of carbonyl (C=O) groups excluding carboxylic acids is 1. The van der Waals surface area contributed by atoms with Crippen LogP contribution in [0.3, 0.4) is 0 Å². The van der Waals surface area contributed by atoms with Crippen molar-refractivity contribution in [3.63, 3.8) is 0 Å². The highest BCUT2D eigenvalue weighted by atomic mass is 19.3. The van der Waals surface area contributed by atoms with Crippen molar-refractivity contribution in [3.8, 4) is 5.75 Å². The molecule has 0 amide bonds. The van der Waals surface area contributed by atoms with E-state index in [-0.39, 0.29) is 5.75 Å². The third-order valence-electron chi connectivity index (χ3n) is 2.04. The van der Waals surface area contributed by atoms with Crippen LogP contribution in [-0.4, -0.2) is 17.9 Å². The third kappa shape index (κ3) is 1.81. The Morgan fingerprint density at radius 3 is 2.87 bits per heavy atom. The van der Waals surface area contributed by atoms with Crippen molar-refractivity contribution in [1.82, 2.24) is 4.98 Å². The molecule has 1 aromatic heterocycles. The predicted octanol–water partition coefficient (Wildman–Crippen LogP) is 2.58. The van der Waals surface area contributed by atoms with E-state index in [1.54, 1.807) is 6.07 Å². The predicted molar refractivity (Wildman–Crippen MR) is 50.3 cm³/mol. The maximum atomic E-state index is 11.9. The van der Waals surface area contributed by atoms with Gasteiger partial charge in [0.2, 0.25) is 0 Å². The topological polar surface area (TPSA) is 42.1 Å². The average Bonchev–Trinajstić information content (AvgIpc) is 2.58. The summed E-state index contributed by atoms with van der Waals surface area (Å²) in [5, 5.41) is 0.687. The van der Waals surface area contributed by atoms with Gasteiger partial charge in [-0.1, -0.05) is 0 Å². The first-order valence-electron chi connectivity index (χ1n) is 4.22. The Balaban J connectivity index is 2.44. The highest BCUT2D eigenvalue weighted by Crippen LogP contribution is 2.23. The van der Waals surface area contributed by atoms with Crippen LogP contribution in [0.15, 0.2) is 24.4 Å². The molecule has 0 saturated carbocycles.